The van der Waals surface area contributed by atoms with E-state index in [4.69, 9.17) is 0 Å². The van der Waals surface area contributed by atoms with Gasteiger partial charge in [-0.25, -0.2) is 0 Å². The lowest BCUT2D eigenvalue weighted by atomic mass is 9.85. The van der Waals surface area contributed by atoms with Crippen molar-refractivity contribution >= 4 is 23.4 Å². The molecule has 1 N–H and O–H groups in total. The Morgan fingerprint density at radius 3 is 2.27 bits per heavy atom. The van der Waals surface area contributed by atoms with E-state index in [1.807, 2.05) is 38.1 Å². The normalized spacial score (nSPS) is 17.4. The van der Waals surface area contributed by atoms with Gasteiger partial charge >= 0.3 is 0 Å². The summed E-state index contributed by atoms with van der Waals surface area (Å²) in [5.41, 5.74) is -0.159. The maximum absolute atomic E-state index is 12.5. The van der Waals surface area contributed by atoms with Gasteiger partial charge in [-0.2, -0.15) is 0 Å². The molecule has 0 radical (unpaired) electrons. The SMILES string of the molecule is CC(=O)C(CCC(=O)[O-])(N[C@@H](CC(C)C)c1ccccc1N1CCCCC1)C(=O)[O-]. The quantitative estimate of drug-likeness (QED) is 0.535. The molecular formula is C23H32N2O5-2. The largest absolute Gasteiger partial charge is 0.550 e. The molecule has 0 amide bonds. The van der Waals surface area contributed by atoms with Gasteiger partial charge in [-0.3, -0.25) is 10.1 Å². The van der Waals surface area contributed by atoms with Gasteiger partial charge in [0.25, 0.3) is 0 Å². The number of ketones is 1. The first kappa shape index (κ1) is 23.9. The van der Waals surface area contributed by atoms with Crippen molar-refractivity contribution in [3.8, 4) is 0 Å². The number of hydrogen-bond donors (Lipinski definition) is 1. The Bertz CT molecular complexity index is 742. The summed E-state index contributed by atoms with van der Waals surface area (Å²) >= 11 is 0. The molecule has 7 heteroatoms. The Morgan fingerprint density at radius 2 is 1.73 bits per heavy atom. The number of hydrogen-bond acceptors (Lipinski definition) is 7. The van der Waals surface area contributed by atoms with Gasteiger partial charge in [0.05, 0.1) is 5.97 Å². The van der Waals surface area contributed by atoms with Crippen LogP contribution in [-0.2, 0) is 14.4 Å². The fourth-order valence-corrected chi connectivity index (χ4v) is 4.18. The van der Waals surface area contributed by atoms with E-state index in [1.54, 1.807) is 0 Å². The lowest BCUT2D eigenvalue weighted by molar-refractivity contribution is -0.314. The number of carboxylic acid groups (broad SMARTS) is 2. The molecule has 166 valence electrons. The molecule has 1 aliphatic rings. The number of carbonyl (C=O) groups excluding carboxylic acids is 3. The van der Waals surface area contributed by atoms with Gasteiger partial charge in [-0.1, -0.05) is 32.0 Å². The Kier molecular flexibility index (Phi) is 8.41. The molecule has 2 atom stereocenters. The van der Waals surface area contributed by atoms with Crippen LogP contribution >= 0.6 is 0 Å². The predicted octanol–water partition coefficient (Wildman–Crippen LogP) is 0.962. The number of benzene rings is 1. The van der Waals surface area contributed by atoms with Gasteiger partial charge in [-0.15, -0.1) is 0 Å². The van der Waals surface area contributed by atoms with Crippen LogP contribution in [0, 0.1) is 5.92 Å². The van der Waals surface area contributed by atoms with Gasteiger partial charge in [0.15, 0.2) is 5.78 Å². The molecule has 1 heterocycles. The molecule has 1 aliphatic heterocycles. The van der Waals surface area contributed by atoms with Crippen molar-refractivity contribution in [1.82, 2.24) is 5.32 Å². The average molecular weight is 417 g/mol. The molecule has 0 spiro atoms. The first-order valence-corrected chi connectivity index (χ1v) is 10.7. The first-order chi connectivity index (χ1) is 14.2. The molecule has 7 nitrogen and oxygen atoms in total. The number of aliphatic carboxylic acids is 2. The van der Waals surface area contributed by atoms with Crippen LogP contribution in [0.2, 0.25) is 0 Å². The van der Waals surface area contributed by atoms with Crippen LogP contribution in [0.1, 0.15) is 70.9 Å². The molecule has 1 fully saturated rings. The highest BCUT2D eigenvalue weighted by atomic mass is 16.4. The fourth-order valence-electron chi connectivity index (χ4n) is 4.18. The zero-order valence-corrected chi connectivity index (χ0v) is 18.1. The van der Waals surface area contributed by atoms with Crippen LogP contribution in [0.15, 0.2) is 24.3 Å². The van der Waals surface area contributed by atoms with Crippen LogP contribution in [0.4, 0.5) is 5.69 Å². The summed E-state index contributed by atoms with van der Waals surface area (Å²) in [6, 6.07) is 7.36. The van der Waals surface area contributed by atoms with Gasteiger partial charge < -0.3 is 24.7 Å². The second kappa shape index (κ2) is 10.6. The van der Waals surface area contributed by atoms with E-state index in [-0.39, 0.29) is 5.92 Å². The van der Waals surface area contributed by atoms with E-state index in [9.17, 15) is 24.6 Å². The fraction of sp³-hybridized carbons (Fsp3) is 0.609. The molecule has 30 heavy (non-hydrogen) atoms. The second-order valence-corrected chi connectivity index (χ2v) is 8.55. The third kappa shape index (κ3) is 5.81. The number of nitrogens with one attached hydrogen (secondary N) is 1. The monoisotopic (exact) mass is 416 g/mol. The number of rotatable bonds is 11. The lowest BCUT2D eigenvalue weighted by Gasteiger charge is -2.40. The van der Waals surface area contributed by atoms with E-state index in [1.165, 1.54) is 6.42 Å². The minimum Gasteiger partial charge on any atom is -0.550 e. The van der Waals surface area contributed by atoms with Crippen molar-refractivity contribution in [2.45, 2.75) is 70.9 Å². The van der Waals surface area contributed by atoms with Crippen LogP contribution in [0.5, 0.6) is 0 Å². The standard InChI is InChI=1S/C23H34N2O5/c1-16(2)15-19(24-23(17(3)26,22(29)30)12-11-21(27)28)18-9-5-6-10-20(18)25-13-7-4-8-14-25/h5-6,9-10,16,19,24H,4,7-8,11-15H2,1-3H3,(H,27,28)(H,29,30)/p-2/t19-,23?/m0/s1. The zero-order chi connectivity index (χ0) is 22.3. The van der Waals surface area contributed by atoms with Crippen LogP contribution < -0.4 is 20.4 Å². The smallest absolute Gasteiger partial charge is 0.155 e. The summed E-state index contributed by atoms with van der Waals surface area (Å²) in [5, 5.41) is 26.1. The van der Waals surface area contributed by atoms with Crippen molar-refractivity contribution in [3.63, 3.8) is 0 Å². The van der Waals surface area contributed by atoms with Crippen molar-refractivity contribution in [2.75, 3.05) is 18.0 Å². The highest BCUT2D eigenvalue weighted by Gasteiger charge is 2.39. The molecular weight excluding hydrogens is 384 g/mol. The zero-order valence-electron chi connectivity index (χ0n) is 18.1. The molecule has 0 bridgehead atoms. The maximum Gasteiger partial charge on any atom is 0.155 e. The van der Waals surface area contributed by atoms with Crippen molar-refractivity contribution < 1.29 is 24.6 Å². The molecule has 1 aromatic rings. The molecule has 0 saturated carbocycles. The summed E-state index contributed by atoms with van der Waals surface area (Å²) in [5.74, 6) is -3.48. The van der Waals surface area contributed by atoms with Crippen LogP contribution in [0.25, 0.3) is 0 Å². The molecule has 1 saturated heterocycles. The van der Waals surface area contributed by atoms with Crippen molar-refractivity contribution in [2.24, 2.45) is 5.92 Å². The van der Waals surface area contributed by atoms with Gasteiger partial charge in [0.1, 0.15) is 5.54 Å². The van der Waals surface area contributed by atoms with Gasteiger partial charge in [0, 0.05) is 30.8 Å². The van der Waals surface area contributed by atoms with E-state index in [2.05, 4.69) is 10.2 Å². The van der Waals surface area contributed by atoms with Crippen molar-refractivity contribution in [1.29, 1.82) is 0 Å². The number of anilines is 1. The van der Waals surface area contributed by atoms with E-state index in [0.717, 1.165) is 44.1 Å². The number of para-hydroxylation sites is 1. The van der Waals surface area contributed by atoms with E-state index < -0.39 is 42.1 Å². The molecule has 0 aromatic heterocycles. The number of piperidine rings is 1. The van der Waals surface area contributed by atoms with Crippen molar-refractivity contribution in [3.05, 3.63) is 29.8 Å². The highest BCUT2D eigenvalue weighted by molar-refractivity contribution is 6.06. The third-order valence-electron chi connectivity index (χ3n) is 5.79. The Hall–Kier alpha value is -2.41. The minimum absolute atomic E-state index is 0.212. The average Bonchev–Trinajstić information content (AvgIpc) is 2.70. The predicted molar refractivity (Wildman–Crippen MR) is 110 cm³/mol. The van der Waals surface area contributed by atoms with Gasteiger partial charge in [0.2, 0.25) is 0 Å². The highest BCUT2D eigenvalue weighted by Crippen LogP contribution is 2.34. The summed E-state index contributed by atoms with van der Waals surface area (Å²) < 4.78 is 0. The second-order valence-electron chi connectivity index (χ2n) is 8.55. The van der Waals surface area contributed by atoms with Crippen LogP contribution in [0.3, 0.4) is 0 Å². The summed E-state index contributed by atoms with van der Waals surface area (Å²) in [6.45, 7) is 7.05. The first-order valence-electron chi connectivity index (χ1n) is 10.7. The number of nitrogens with zero attached hydrogens (tertiary/aromatic N) is 1. The molecule has 0 aliphatic carbocycles. The Balaban J connectivity index is 2.47. The van der Waals surface area contributed by atoms with Crippen LogP contribution in [-0.4, -0.2) is 36.4 Å². The van der Waals surface area contributed by atoms with Gasteiger partial charge in [-0.05, 0) is 63.0 Å². The molecule has 2 rings (SSSR count). The number of Topliss-reactive ketones (excluding diaryl/α,β-unsaturated/α-hetero) is 1. The molecule has 1 unspecified atom stereocenters. The third-order valence-corrected chi connectivity index (χ3v) is 5.79. The summed E-state index contributed by atoms with van der Waals surface area (Å²) in [4.78, 5) is 37.9. The lowest BCUT2D eigenvalue weighted by Crippen LogP contribution is -2.63. The van der Waals surface area contributed by atoms with E-state index in [0.29, 0.717) is 6.42 Å². The Labute approximate surface area is 178 Å². The molecule has 1 aromatic carbocycles. The topological polar surface area (TPSA) is 113 Å². The minimum atomic E-state index is -2.09. The summed E-state index contributed by atoms with van der Waals surface area (Å²) in [7, 11) is 0. The summed E-state index contributed by atoms with van der Waals surface area (Å²) in [6.07, 6.45) is 2.99. The number of carbonyl (C=O) groups is 3. The Morgan fingerprint density at radius 1 is 1.10 bits per heavy atom. The number of carboxylic acids is 2. The maximum atomic E-state index is 12.5. The van der Waals surface area contributed by atoms with E-state index >= 15 is 0 Å².